The molecule has 142 valence electrons. The van der Waals surface area contributed by atoms with Gasteiger partial charge in [0.2, 0.25) is 15.9 Å². The molecule has 1 heterocycles. The molecule has 7 nitrogen and oxygen atoms in total. The fourth-order valence-corrected chi connectivity index (χ4v) is 3.95. The molecule has 0 bridgehead atoms. The van der Waals surface area contributed by atoms with Gasteiger partial charge in [0, 0.05) is 12.0 Å². The number of aromatic nitrogens is 1. The van der Waals surface area contributed by atoms with Crippen LogP contribution in [0.5, 0.6) is 0 Å². The maximum Gasteiger partial charge on any atom is 0.240 e. The summed E-state index contributed by atoms with van der Waals surface area (Å²) in [6.07, 6.45) is 7.15. The van der Waals surface area contributed by atoms with Gasteiger partial charge in [-0.25, -0.2) is 13.1 Å². The van der Waals surface area contributed by atoms with Gasteiger partial charge in [-0.2, -0.15) is 0 Å². The Morgan fingerprint density at radius 1 is 1.15 bits per heavy atom. The Labute approximate surface area is 157 Å². The van der Waals surface area contributed by atoms with Crippen molar-refractivity contribution in [2.75, 3.05) is 5.32 Å². The van der Waals surface area contributed by atoms with Gasteiger partial charge in [-0.15, -0.1) is 0 Å². The number of carbonyl (C=O) groups excluding carboxylic acids is 1. The van der Waals surface area contributed by atoms with Crippen LogP contribution in [0.4, 0.5) is 5.69 Å². The number of nitrogens with zero attached hydrogens (tertiary/aromatic N) is 1. The largest absolute Gasteiger partial charge is 0.354 e. The van der Waals surface area contributed by atoms with E-state index >= 15 is 0 Å². The number of rotatable bonds is 7. The number of amides is 1. The zero-order chi connectivity index (χ0) is 19.0. The van der Waals surface area contributed by atoms with Crippen molar-refractivity contribution in [3.63, 3.8) is 0 Å². The summed E-state index contributed by atoms with van der Waals surface area (Å²) in [4.78, 5) is 12.2. The third-order valence-electron chi connectivity index (χ3n) is 4.60. The lowest BCUT2D eigenvalue weighted by Crippen LogP contribution is -2.25. The minimum absolute atomic E-state index is 0.00586. The minimum Gasteiger partial charge on any atom is -0.354 e. The van der Waals surface area contributed by atoms with Gasteiger partial charge in [0.05, 0.1) is 4.90 Å². The summed E-state index contributed by atoms with van der Waals surface area (Å²) in [5.41, 5.74) is 2.01. The standard InChI is InChI=1S/C19H21N3O4S/c1-12-18(20-19(23)14-5-6-14)17(26-21-12)11-4-13-2-9-16(10-3-13)27(24,25)22-15-7-8-15/h2-4,9-11,14-15,22H,5-8H2,1H3,(H,20,23). The summed E-state index contributed by atoms with van der Waals surface area (Å²) in [5.74, 6) is 0.553. The van der Waals surface area contributed by atoms with Crippen LogP contribution in [0.1, 0.15) is 42.7 Å². The first-order chi connectivity index (χ1) is 12.9. The van der Waals surface area contributed by atoms with Crippen LogP contribution in [0.15, 0.2) is 33.7 Å². The third-order valence-corrected chi connectivity index (χ3v) is 6.14. The average Bonchev–Trinajstić information content (AvgIpc) is 3.55. The lowest BCUT2D eigenvalue weighted by Gasteiger charge is -2.05. The highest BCUT2D eigenvalue weighted by molar-refractivity contribution is 7.89. The Bertz CT molecular complexity index is 984. The summed E-state index contributed by atoms with van der Waals surface area (Å²) in [7, 11) is -3.45. The second-order valence-electron chi connectivity index (χ2n) is 7.07. The highest BCUT2D eigenvalue weighted by Crippen LogP contribution is 2.32. The van der Waals surface area contributed by atoms with Crippen molar-refractivity contribution >= 4 is 33.8 Å². The van der Waals surface area contributed by atoms with E-state index in [4.69, 9.17) is 4.52 Å². The number of carbonyl (C=O) groups is 1. The Kier molecular flexibility index (Phi) is 4.61. The van der Waals surface area contributed by atoms with Gasteiger partial charge in [-0.3, -0.25) is 4.79 Å². The smallest absolute Gasteiger partial charge is 0.240 e. The van der Waals surface area contributed by atoms with Crippen LogP contribution < -0.4 is 10.0 Å². The molecule has 8 heteroatoms. The molecule has 0 unspecified atom stereocenters. The maximum atomic E-state index is 12.2. The predicted octanol–water partition coefficient (Wildman–Crippen LogP) is 2.94. The zero-order valence-corrected chi connectivity index (χ0v) is 15.8. The van der Waals surface area contributed by atoms with Crippen molar-refractivity contribution in [1.82, 2.24) is 9.88 Å². The second-order valence-corrected chi connectivity index (χ2v) is 8.78. The van der Waals surface area contributed by atoms with Gasteiger partial charge < -0.3 is 9.84 Å². The molecule has 2 saturated carbocycles. The molecule has 0 atom stereocenters. The van der Waals surface area contributed by atoms with Crippen LogP contribution in [-0.4, -0.2) is 25.5 Å². The monoisotopic (exact) mass is 387 g/mol. The van der Waals surface area contributed by atoms with Crippen molar-refractivity contribution in [3.05, 3.63) is 41.3 Å². The van der Waals surface area contributed by atoms with Crippen LogP contribution in [0.25, 0.3) is 12.2 Å². The van der Waals surface area contributed by atoms with E-state index in [2.05, 4.69) is 15.2 Å². The Morgan fingerprint density at radius 2 is 1.85 bits per heavy atom. The van der Waals surface area contributed by atoms with Gasteiger partial charge in [0.1, 0.15) is 11.4 Å². The van der Waals surface area contributed by atoms with E-state index in [0.717, 1.165) is 31.2 Å². The SMILES string of the molecule is Cc1noc(C=Cc2ccc(S(=O)(=O)NC3CC3)cc2)c1NC(=O)C1CC1. The summed E-state index contributed by atoms with van der Waals surface area (Å²) in [6.45, 7) is 1.77. The topological polar surface area (TPSA) is 101 Å². The predicted molar refractivity (Wildman–Crippen MR) is 101 cm³/mol. The normalized spacial score (nSPS) is 17.4. The lowest BCUT2D eigenvalue weighted by atomic mass is 10.2. The number of aryl methyl sites for hydroxylation is 1. The zero-order valence-electron chi connectivity index (χ0n) is 14.9. The van der Waals surface area contributed by atoms with Crippen molar-refractivity contribution in [2.24, 2.45) is 5.92 Å². The first-order valence-corrected chi connectivity index (χ1v) is 10.5. The fourth-order valence-electron chi connectivity index (χ4n) is 2.64. The summed E-state index contributed by atoms with van der Waals surface area (Å²) in [6, 6.07) is 6.68. The minimum atomic E-state index is -3.45. The number of nitrogens with one attached hydrogen (secondary N) is 2. The van der Waals surface area contributed by atoms with E-state index in [1.54, 1.807) is 43.3 Å². The van der Waals surface area contributed by atoms with Crippen molar-refractivity contribution < 1.29 is 17.7 Å². The second kappa shape index (κ2) is 6.94. The molecule has 0 radical (unpaired) electrons. The van der Waals surface area contributed by atoms with E-state index in [1.807, 2.05) is 0 Å². The Morgan fingerprint density at radius 3 is 2.48 bits per heavy atom. The van der Waals surface area contributed by atoms with E-state index in [1.165, 1.54) is 0 Å². The van der Waals surface area contributed by atoms with Crippen molar-refractivity contribution in [1.29, 1.82) is 0 Å². The molecular formula is C19H21N3O4S. The maximum absolute atomic E-state index is 12.2. The van der Waals surface area contributed by atoms with Gasteiger partial charge in [-0.05, 0) is 56.4 Å². The first kappa shape index (κ1) is 17.9. The molecule has 4 rings (SSSR count). The van der Waals surface area contributed by atoms with Crippen LogP contribution in [-0.2, 0) is 14.8 Å². The van der Waals surface area contributed by atoms with E-state index in [-0.39, 0.29) is 22.8 Å². The summed E-state index contributed by atoms with van der Waals surface area (Å²) in [5, 5.41) is 6.79. The molecule has 0 aliphatic heterocycles. The van der Waals surface area contributed by atoms with Crippen LogP contribution in [0.2, 0.25) is 0 Å². The average molecular weight is 387 g/mol. The van der Waals surface area contributed by atoms with Crippen molar-refractivity contribution in [2.45, 2.75) is 43.5 Å². The molecule has 2 N–H and O–H groups in total. The van der Waals surface area contributed by atoms with Crippen LogP contribution in [0, 0.1) is 12.8 Å². The quantitative estimate of drug-likeness (QED) is 0.761. The summed E-state index contributed by atoms with van der Waals surface area (Å²) < 4.78 is 32.3. The van der Waals surface area contributed by atoms with Gasteiger partial charge in [0.15, 0.2) is 5.76 Å². The Hall–Kier alpha value is -2.45. The van der Waals surface area contributed by atoms with Gasteiger partial charge in [-0.1, -0.05) is 23.4 Å². The number of hydrogen-bond acceptors (Lipinski definition) is 5. The summed E-state index contributed by atoms with van der Waals surface area (Å²) >= 11 is 0. The number of hydrogen-bond donors (Lipinski definition) is 2. The molecule has 1 aromatic carbocycles. The first-order valence-electron chi connectivity index (χ1n) is 9.00. The van der Waals surface area contributed by atoms with E-state index in [9.17, 15) is 13.2 Å². The van der Waals surface area contributed by atoms with Gasteiger partial charge in [0.25, 0.3) is 0 Å². The number of sulfonamides is 1. The Balaban J connectivity index is 1.47. The van der Waals surface area contributed by atoms with E-state index < -0.39 is 10.0 Å². The fraction of sp³-hybridized carbons (Fsp3) is 0.368. The highest BCUT2D eigenvalue weighted by Gasteiger charge is 2.31. The molecular weight excluding hydrogens is 366 g/mol. The molecule has 2 aliphatic carbocycles. The molecule has 0 spiro atoms. The molecule has 1 aromatic heterocycles. The van der Waals surface area contributed by atoms with Gasteiger partial charge >= 0.3 is 0 Å². The number of benzene rings is 1. The highest BCUT2D eigenvalue weighted by atomic mass is 32.2. The van der Waals surface area contributed by atoms with Crippen LogP contribution in [0.3, 0.4) is 0 Å². The molecule has 2 aliphatic rings. The molecule has 0 saturated heterocycles. The van der Waals surface area contributed by atoms with Crippen LogP contribution >= 0.6 is 0 Å². The van der Waals surface area contributed by atoms with E-state index in [0.29, 0.717) is 17.1 Å². The lowest BCUT2D eigenvalue weighted by molar-refractivity contribution is -0.117. The number of anilines is 1. The third kappa shape index (κ3) is 4.28. The molecule has 1 amide bonds. The molecule has 2 fully saturated rings. The van der Waals surface area contributed by atoms with Crippen molar-refractivity contribution in [3.8, 4) is 0 Å². The molecule has 2 aromatic rings. The molecule has 27 heavy (non-hydrogen) atoms.